The molecule has 21 heavy (non-hydrogen) atoms. The third-order valence-electron chi connectivity index (χ3n) is 3.77. The fourth-order valence-electron chi connectivity index (χ4n) is 2.63. The van der Waals surface area contributed by atoms with E-state index in [9.17, 15) is 15.0 Å². The summed E-state index contributed by atoms with van der Waals surface area (Å²) in [6.45, 7) is 1.66. The lowest BCUT2D eigenvalue weighted by atomic mass is 10.0. The van der Waals surface area contributed by atoms with Crippen LogP contribution in [0, 0.1) is 0 Å². The predicted octanol–water partition coefficient (Wildman–Crippen LogP) is 0.453. The van der Waals surface area contributed by atoms with Gasteiger partial charge in [0.2, 0.25) is 0 Å². The first-order valence-electron chi connectivity index (χ1n) is 6.74. The number of likely N-dealkylation sites (tertiary alicyclic amines) is 1. The minimum absolute atomic E-state index is 0.166. The number of aromatic carboxylic acids is 1. The van der Waals surface area contributed by atoms with Crippen LogP contribution in [0.25, 0.3) is 10.9 Å². The zero-order valence-electron chi connectivity index (χ0n) is 11.3. The second-order valence-electron chi connectivity index (χ2n) is 5.33. The van der Waals surface area contributed by atoms with Crippen LogP contribution in [0.1, 0.15) is 22.5 Å². The van der Waals surface area contributed by atoms with E-state index < -0.39 is 18.2 Å². The first-order chi connectivity index (χ1) is 10.0. The molecular weight excluding hydrogens is 276 g/mol. The molecule has 1 aromatic heterocycles. The summed E-state index contributed by atoms with van der Waals surface area (Å²) < 4.78 is 4.82. The van der Waals surface area contributed by atoms with Crippen LogP contribution in [0.4, 0.5) is 0 Å². The highest BCUT2D eigenvalue weighted by atomic mass is 16.5. The van der Waals surface area contributed by atoms with Gasteiger partial charge in [-0.1, -0.05) is 11.2 Å². The molecule has 0 unspecified atom stereocenters. The van der Waals surface area contributed by atoms with Crippen molar-refractivity contribution in [2.45, 2.75) is 25.2 Å². The Labute approximate surface area is 120 Å². The number of aliphatic hydroxyl groups excluding tert-OH is 2. The number of nitrogens with zero attached hydrogens (tertiary/aromatic N) is 2. The van der Waals surface area contributed by atoms with Crippen LogP contribution < -0.4 is 0 Å². The Balaban J connectivity index is 1.81. The van der Waals surface area contributed by atoms with Crippen molar-refractivity contribution in [1.82, 2.24) is 10.1 Å². The van der Waals surface area contributed by atoms with Gasteiger partial charge in [-0.15, -0.1) is 0 Å². The summed E-state index contributed by atoms with van der Waals surface area (Å²) >= 11 is 0. The molecule has 2 heterocycles. The molecule has 3 N–H and O–H groups in total. The normalized spacial score (nSPS) is 23.5. The second kappa shape index (κ2) is 5.44. The molecule has 1 aliphatic rings. The Morgan fingerprint density at radius 2 is 2.19 bits per heavy atom. The van der Waals surface area contributed by atoms with E-state index in [1.807, 2.05) is 11.0 Å². The maximum Gasteiger partial charge on any atom is 0.375 e. The molecule has 2 atom stereocenters. The smallest absolute Gasteiger partial charge is 0.375 e. The number of hydrogen-bond donors (Lipinski definition) is 3. The number of benzene rings is 1. The molecule has 1 aliphatic heterocycles. The van der Waals surface area contributed by atoms with Crippen LogP contribution in [0.15, 0.2) is 22.7 Å². The van der Waals surface area contributed by atoms with Gasteiger partial charge in [-0.25, -0.2) is 4.79 Å². The molecule has 2 aromatic rings. The zero-order valence-corrected chi connectivity index (χ0v) is 11.3. The number of carbonyl (C=O) groups is 1. The van der Waals surface area contributed by atoms with Gasteiger partial charge in [0.25, 0.3) is 5.76 Å². The fourth-order valence-corrected chi connectivity index (χ4v) is 2.63. The van der Waals surface area contributed by atoms with Gasteiger partial charge in [-0.3, -0.25) is 4.90 Å². The van der Waals surface area contributed by atoms with Gasteiger partial charge in [0.15, 0.2) is 0 Å². The van der Waals surface area contributed by atoms with E-state index in [-0.39, 0.29) is 5.76 Å². The van der Waals surface area contributed by atoms with Gasteiger partial charge in [-0.2, -0.15) is 0 Å². The molecule has 0 radical (unpaired) electrons. The van der Waals surface area contributed by atoms with Crippen LogP contribution in [0.5, 0.6) is 0 Å². The molecule has 112 valence electrons. The molecule has 7 nitrogen and oxygen atoms in total. The van der Waals surface area contributed by atoms with Crippen LogP contribution in [0.3, 0.4) is 0 Å². The number of carboxylic acids is 1. The third kappa shape index (κ3) is 2.76. The maximum absolute atomic E-state index is 11.1. The predicted molar refractivity (Wildman–Crippen MR) is 72.9 cm³/mol. The first kappa shape index (κ1) is 14.0. The van der Waals surface area contributed by atoms with Crippen molar-refractivity contribution in [2.24, 2.45) is 0 Å². The van der Waals surface area contributed by atoms with E-state index >= 15 is 0 Å². The number of fused-ring (bicyclic) bond motifs is 1. The van der Waals surface area contributed by atoms with E-state index in [1.165, 1.54) is 0 Å². The Hall–Kier alpha value is -1.96. The summed E-state index contributed by atoms with van der Waals surface area (Å²) in [7, 11) is 0. The highest BCUT2D eigenvalue weighted by molar-refractivity contribution is 5.99. The van der Waals surface area contributed by atoms with Crippen LogP contribution in [-0.4, -0.2) is 56.6 Å². The molecule has 1 saturated heterocycles. The van der Waals surface area contributed by atoms with Gasteiger partial charge >= 0.3 is 5.97 Å². The molecule has 1 aromatic carbocycles. The molecular formula is C14H16N2O5. The first-order valence-corrected chi connectivity index (χ1v) is 6.74. The van der Waals surface area contributed by atoms with E-state index in [0.29, 0.717) is 37.0 Å². The van der Waals surface area contributed by atoms with Crippen molar-refractivity contribution < 1.29 is 24.6 Å². The highest BCUT2D eigenvalue weighted by Gasteiger charge is 2.26. The SMILES string of the molecule is O=C(O)c1onc2ccc(CN3CC[C@@H](O)[C@H](O)C3)cc12. The standard InChI is InChI=1S/C14H16N2O5/c17-11-3-4-16(7-12(11)18)6-8-1-2-10-9(5-8)13(14(19)20)21-15-10/h1-2,5,11-12,17-18H,3-4,6-7H2,(H,19,20)/t11-,12-/m1/s1. The molecule has 0 saturated carbocycles. The van der Waals surface area contributed by atoms with Gasteiger partial charge in [0.1, 0.15) is 5.52 Å². The summed E-state index contributed by atoms with van der Waals surface area (Å²) in [6.07, 6.45) is -0.884. The quantitative estimate of drug-likeness (QED) is 0.754. The van der Waals surface area contributed by atoms with Gasteiger partial charge in [0.05, 0.1) is 17.6 Å². The third-order valence-corrected chi connectivity index (χ3v) is 3.77. The van der Waals surface area contributed by atoms with Crippen LogP contribution in [-0.2, 0) is 6.54 Å². The summed E-state index contributed by atoms with van der Waals surface area (Å²) in [5.74, 6) is -1.31. The van der Waals surface area contributed by atoms with E-state index in [2.05, 4.69) is 5.16 Å². The average Bonchev–Trinajstić information content (AvgIpc) is 2.86. The maximum atomic E-state index is 11.1. The molecule has 0 spiro atoms. The number of rotatable bonds is 3. The van der Waals surface area contributed by atoms with Crippen molar-refractivity contribution in [3.63, 3.8) is 0 Å². The van der Waals surface area contributed by atoms with Gasteiger partial charge < -0.3 is 19.8 Å². The van der Waals surface area contributed by atoms with E-state index in [4.69, 9.17) is 9.63 Å². The number of aliphatic hydroxyl groups is 2. The van der Waals surface area contributed by atoms with Gasteiger partial charge in [0, 0.05) is 19.6 Å². The lowest BCUT2D eigenvalue weighted by Crippen LogP contribution is -2.46. The van der Waals surface area contributed by atoms with Crippen molar-refractivity contribution in [3.8, 4) is 0 Å². The number of β-amino-alcohol motifs (C(OH)–C–C–N with tert-alkyl or cyclic N) is 1. The molecule has 0 bridgehead atoms. The molecule has 0 aliphatic carbocycles. The molecule has 0 amide bonds. The summed E-state index contributed by atoms with van der Waals surface area (Å²) in [5.41, 5.74) is 1.42. The number of aromatic nitrogens is 1. The fraction of sp³-hybridized carbons (Fsp3) is 0.429. The Bertz CT molecular complexity index is 668. The summed E-state index contributed by atoms with van der Waals surface area (Å²) in [4.78, 5) is 13.1. The van der Waals surface area contributed by atoms with Crippen molar-refractivity contribution >= 4 is 16.9 Å². The van der Waals surface area contributed by atoms with Crippen LogP contribution >= 0.6 is 0 Å². The zero-order chi connectivity index (χ0) is 15.0. The van der Waals surface area contributed by atoms with Crippen molar-refractivity contribution in [1.29, 1.82) is 0 Å². The van der Waals surface area contributed by atoms with Crippen molar-refractivity contribution in [2.75, 3.05) is 13.1 Å². The molecule has 1 fully saturated rings. The number of carboxylic acid groups (broad SMARTS) is 1. The van der Waals surface area contributed by atoms with Gasteiger partial charge in [-0.05, 0) is 24.1 Å². The van der Waals surface area contributed by atoms with Crippen LogP contribution in [0.2, 0.25) is 0 Å². The summed E-state index contributed by atoms with van der Waals surface area (Å²) in [6, 6.07) is 5.32. The average molecular weight is 292 g/mol. The Morgan fingerprint density at radius 1 is 1.38 bits per heavy atom. The lowest BCUT2D eigenvalue weighted by molar-refractivity contribution is -0.0403. The summed E-state index contributed by atoms with van der Waals surface area (Å²) in [5, 5.41) is 32.4. The minimum Gasteiger partial charge on any atom is -0.475 e. The van der Waals surface area contributed by atoms with E-state index in [1.54, 1.807) is 12.1 Å². The Kier molecular flexibility index (Phi) is 3.62. The highest BCUT2D eigenvalue weighted by Crippen LogP contribution is 2.22. The number of hydrogen-bond acceptors (Lipinski definition) is 6. The van der Waals surface area contributed by atoms with Crippen molar-refractivity contribution in [3.05, 3.63) is 29.5 Å². The second-order valence-corrected chi connectivity index (χ2v) is 5.33. The van der Waals surface area contributed by atoms with E-state index in [0.717, 1.165) is 5.56 Å². The largest absolute Gasteiger partial charge is 0.475 e. The Morgan fingerprint density at radius 3 is 2.90 bits per heavy atom. The topological polar surface area (TPSA) is 107 Å². The number of piperidine rings is 1. The molecule has 3 rings (SSSR count). The monoisotopic (exact) mass is 292 g/mol. The molecule has 7 heteroatoms. The lowest BCUT2D eigenvalue weighted by Gasteiger charge is -2.33. The minimum atomic E-state index is -1.15.